The van der Waals surface area contributed by atoms with E-state index in [1.807, 2.05) is 44.2 Å². The van der Waals surface area contributed by atoms with Gasteiger partial charge in [-0.3, -0.25) is 10.1 Å². The van der Waals surface area contributed by atoms with Crippen molar-refractivity contribution in [2.75, 3.05) is 5.32 Å². The normalized spacial score (nSPS) is 10.6. The van der Waals surface area contributed by atoms with Crippen LogP contribution in [0.2, 0.25) is 0 Å². The Labute approximate surface area is 125 Å². The number of carbonyl (C=O) groups excluding carboxylic acids is 1. The standard InChI is InChI=1S/C14H13N5OS/c1-9-12(13(20)16-14-18-17-10(2)21-14)8-15-19(9)11-6-4-3-5-7-11/h3-8H,1-2H3,(H,16,18,20). The van der Waals surface area contributed by atoms with Gasteiger partial charge >= 0.3 is 0 Å². The van der Waals surface area contributed by atoms with Gasteiger partial charge in [0.25, 0.3) is 5.91 Å². The molecule has 0 atom stereocenters. The summed E-state index contributed by atoms with van der Waals surface area (Å²) in [5.74, 6) is -0.231. The first-order chi connectivity index (χ1) is 10.1. The van der Waals surface area contributed by atoms with Crippen LogP contribution in [0.4, 0.5) is 5.13 Å². The van der Waals surface area contributed by atoms with Gasteiger partial charge in [0.15, 0.2) is 0 Å². The summed E-state index contributed by atoms with van der Waals surface area (Å²) < 4.78 is 1.74. The van der Waals surface area contributed by atoms with Crippen LogP contribution < -0.4 is 5.32 Å². The Morgan fingerprint density at radius 3 is 2.62 bits per heavy atom. The van der Waals surface area contributed by atoms with Crippen molar-refractivity contribution in [1.29, 1.82) is 0 Å². The zero-order valence-electron chi connectivity index (χ0n) is 11.6. The number of hydrogen-bond donors (Lipinski definition) is 1. The maximum atomic E-state index is 12.3. The first-order valence-corrected chi connectivity index (χ1v) is 7.18. The third kappa shape index (κ3) is 2.68. The van der Waals surface area contributed by atoms with E-state index >= 15 is 0 Å². The van der Waals surface area contributed by atoms with Gasteiger partial charge in [0, 0.05) is 0 Å². The summed E-state index contributed by atoms with van der Waals surface area (Å²) in [6.45, 7) is 3.70. The van der Waals surface area contributed by atoms with E-state index in [1.54, 1.807) is 10.9 Å². The van der Waals surface area contributed by atoms with Gasteiger partial charge in [0.2, 0.25) is 5.13 Å². The first kappa shape index (κ1) is 13.4. The number of aromatic nitrogens is 4. The van der Waals surface area contributed by atoms with Crippen molar-refractivity contribution in [2.45, 2.75) is 13.8 Å². The molecule has 0 bridgehead atoms. The number of para-hydroxylation sites is 1. The minimum absolute atomic E-state index is 0.231. The molecule has 7 heteroatoms. The van der Waals surface area contributed by atoms with E-state index in [4.69, 9.17) is 0 Å². The number of nitrogens with zero attached hydrogens (tertiary/aromatic N) is 4. The Morgan fingerprint density at radius 1 is 1.19 bits per heavy atom. The summed E-state index contributed by atoms with van der Waals surface area (Å²) in [7, 11) is 0. The third-order valence-corrected chi connectivity index (χ3v) is 3.76. The van der Waals surface area contributed by atoms with Crippen molar-refractivity contribution in [2.24, 2.45) is 0 Å². The van der Waals surface area contributed by atoms with Crippen LogP contribution in [0.25, 0.3) is 5.69 Å². The largest absolute Gasteiger partial charge is 0.296 e. The highest BCUT2D eigenvalue weighted by atomic mass is 32.1. The lowest BCUT2D eigenvalue weighted by atomic mass is 10.2. The van der Waals surface area contributed by atoms with Crippen LogP contribution in [0.5, 0.6) is 0 Å². The van der Waals surface area contributed by atoms with Crippen molar-refractivity contribution < 1.29 is 4.79 Å². The number of rotatable bonds is 3. The zero-order chi connectivity index (χ0) is 14.8. The second kappa shape index (κ2) is 5.45. The summed E-state index contributed by atoms with van der Waals surface area (Å²) in [6, 6.07) is 9.68. The molecule has 106 valence electrons. The Bertz CT molecular complexity index is 778. The predicted molar refractivity (Wildman–Crippen MR) is 80.9 cm³/mol. The van der Waals surface area contributed by atoms with Crippen LogP contribution in [0.1, 0.15) is 21.1 Å². The van der Waals surface area contributed by atoms with Crippen molar-refractivity contribution in [3.63, 3.8) is 0 Å². The Hall–Kier alpha value is -2.54. The van der Waals surface area contributed by atoms with Crippen LogP contribution >= 0.6 is 11.3 Å². The highest BCUT2D eigenvalue weighted by Crippen LogP contribution is 2.18. The van der Waals surface area contributed by atoms with Crippen molar-refractivity contribution in [3.8, 4) is 5.69 Å². The lowest BCUT2D eigenvalue weighted by Crippen LogP contribution is -2.13. The van der Waals surface area contributed by atoms with Crippen LogP contribution in [0, 0.1) is 13.8 Å². The van der Waals surface area contributed by atoms with Gasteiger partial charge in [0.1, 0.15) is 5.01 Å². The lowest BCUT2D eigenvalue weighted by Gasteiger charge is -2.05. The quantitative estimate of drug-likeness (QED) is 0.807. The highest BCUT2D eigenvalue weighted by Gasteiger charge is 2.16. The molecule has 0 saturated heterocycles. The van der Waals surface area contributed by atoms with Gasteiger partial charge in [-0.15, -0.1) is 10.2 Å². The molecule has 21 heavy (non-hydrogen) atoms. The van der Waals surface area contributed by atoms with Crippen molar-refractivity contribution in [3.05, 3.63) is 52.8 Å². The van der Waals surface area contributed by atoms with Gasteiger partial charge in [-0.25, -0.2) is 4.68 Å². The molecular formula is C14H13N5OS. The average molecular weight is 299 g/mol. The monoisotopic (exact) mass is 299 g/mol. The topological polar surface area (TPSA) is 72.7 Å². The van der Waals surface area contributed by atoms with Crippen LogP contribution in [0.15, 0.2) is 36.5 Å². The molecule has 0 spiro atoms. The number of anilines is 1. The molecule has 0 aliphatic carbocycles. The molecule has 0 unspecified atom stereocenters. The molecule has 0 fully saturated rings. The van der Waals surface area contributed by atoms with Gasteiger partial charge in [-0.1, -0.05) is 29.5 Å². The van der Waals surface area contributed by atoms with Gasteiger partial charge in [-0.2, -0.15) is 5.10 Å². The second-order valence-electron chi connectivity index (χ2n) is 4.47. The van der Waals surface area contributed by atoms with E-state index in [-0.39, 0.29) is 5.91 Å². The minimum Gasteiger partial charge on any atom is -0.296 e. The Balaban J connectivity index is 1.87. The average Bonchev–Trinajstić information content (AvgIpc) is 3.06. The number of carbonyl (C=O) groups is 1. The summed E-state index contributed by atoms with van der Waals surface area (Å²) in [6.07, 6.45) is 1.56. The molecule has 1 amide bonds. The predicted octanol–water partition coefficient (Wildman–Crippen LogP) is 2.59. The molecule has 3 rings (SSSR count). The molecular weight excluding hydrogens is 286 g/mol. The maximum absolute atomic E-state index is 12.3. The molecule has 0 saturated carbocycles. The maximum Gasteiger partial charge on any atom is 0.260 e. The SMILES string of the molecule is Cc1nnc(NC(=O)c2cnn(-c3ccccc3)c2C)s1. The van der Waals surface area contributed by atoms with E-state index in [0.717, 1.165) is 16.4 Å². The van der Waals surface area contributed by atoms with Gasteiger partial charge < -0.3 is 0 Å². The molecule has 0 aliphatic heterocycles. The Kier molecular flexibility index (Phi) is 3.49. The third-order valence-electron chi connectivity index (χ3n) is 3.00. The van der Waals surface area contributed by atoms with E-state index in [2.05, 4.69) is 20.6 Å². The number of amides is 1. The molecule has 0 aliphatic rings. The molecule has 1 aromatic carbocycles. The minimum atomic E-state index is -0.231. The summed E-state index contributed by atoms with van der Waals surface area (Å²) >= 11 is 1.34. The van der Waals surface area contributed by atoms with E-state index in [1.165, 1.54) is 11.3 Å². The number of aryl methyl sites for hydroxylation is 1. The summed E-state index contributed by atoms with van der Waals surface area (Å²) in [4.78, 5) is 12.3. The zero-order valence-corrected chi connectivity index (χ0v) is 12.4. The van der Waals surface area contributed by atoms with Crippen LogP contribution in [-0.4, -0.2) is 25.9 Å². The van der Waals surface area contributed by atoms with E-state index in [0.29, 0.717) is 10.7 Å². The number of nitrogens with one attached hydrogen (secondary N) is 1. The first-order valence-electron chi connectivity index (χ1n) is 6.36. The van der Waals surface area contributed by atoms with Crippen LogP contribution in [-0.2, 0) is 0 Å². The molecule has 0 radical (unpaired) electrons. The van der Waals surface area contributed by atoms with Crippen molar-refractivity contribution >= 4 is 22.4 Å². The lowest BCUT2D eigenvalue weighted by molar-refractivity contribution is 0.102. The van der Waals surface area contributed by atoms with Crippen molar-refractivity contribution in [1.82, 2.24) is 20.0 Å². The van der Waals surface area contributed by atoms with E-state index < -0.39 is 0 Å². The smallest absolute Gasteiger partial charge is 0.260 e. The fraction of sp³-hybridized carbons (Fsp3) is 0.143. The molecule has 1 N–H and O–H groups in total. The summed E-state index contributed by atoms with van der Waals surface area (Å²) in [5.41, 5.74) is 2.22. The summed E-state index contributed by atoms with van der Waals surface area (Å²) in [5, 5.41) is 16.1. The fourth-order valence-corrected chi connectivity index (χ4v) is 2.56. The number of hydrogen-bond acceptors (Lipinski definition) is 5. The fourth-order valence-electron chi connectivity index (χ4n) is 1.97. The van der Waals surface area contributed by atoms with Gasteiger partial charge in [0.05, 0.1) is 23.1 Å². The highest BCUT2D eigenvalue weighted by molar-refractivity contribution is 7.15. The molecule has 2 heterocycles. The number of benzene rings is 1. The molecule has 6 nitrogen and oxygen atoms in total. The molecule has 3 aromatic rings. The van der Waals surface area contributed by atoms with Gasteiger partial charge in [-0.05, 0) is 26.0 Å². The Morgan fingerprint density at radius 2 is 1.95 bits per heavy atom. The van der Waals surface area contributed by atoms with Crippen LogP contribution in [0.3, 0.4) is 0 Å². The second-order valence-corrected chi connectivity index (χ2v) is 5.65. The van der Waals surface area contributed by atoms with E-state index in [9.17, 15) is 4.79 Å². The molecule has 2 aromatic heterocycles.